The molecule has 0 unspecified atom stereocenters. The van der Waals surface area contributed by atoms with Gasteiger partial charge in [0.05, 0.1) is 13.7 Å². The van der Waals surface area contributed by atoms with E-state index in [0.29, 0.717) is 43.4 Å². The highest BCUT2D eigenvalue weighted by Crippen LogP contribution is 2.43. The van der Waals surface area contributed by atoms with Crippen molar-refractivity contribution in [1.82, 2.24) is 10.2 Å². The van der Waals surface area contributed by atoms with Gasteiger partial charge in [-0.1, -0.05) is 40.2 Å². The normalized spacial score (nSPS) is 18.1. The molecule has 0 radical (unpaired) electrons. The Balaban J connectivity index is 1.74. The topological polar surface area (TPSA) is 92.6 Å². The fraction of sp³-hybridized carbons (Fsp3) is 0.375. The number of hydrogen-bond acceptors (Lipinski definition) is 7. The van der Waals surface area contributed by atoms with E-state index in [1.54, 1.807) is 7.11 Å². The van der Waals surface area contributed by atoms with Crippen LogP contribution in [0.5, 0.6) is 11.5 Å². The Bertz CT molecular complexity index is 1310. The number of amides is 1. The summed E-state index contributed by atoms with van der Waals surface area (Å²) in [4.78, 5) is 21.4. The van der Waals surface area contributed by atoms with Gasteiger partial charge in [-0.05, 0) is 86.7 Å². The number of carbonyl (C=O) groups excluding carboxylic acids is 1. The lowest BCUT2D eigenvalue weighted by molar-refractivity contribution is -0.128. The molecule has 4 rings (SSSR count). The van der Waals surface area contributed by atoms with Crippen molar-refractivity contribution in [3.05, 3.63) is 94.0 Å². The van der Waals surface area contributed by atoms with E-state index in [-0.39, 0.29) is 12.5 Å². The Morgan fingerprint density at radius 3 is 2.51 bits per heavy atom. The van der Waals surface area contributed by atoms with Crippen molar-refractivity contribution in [2.45, 2.75) is 30.9 Å². The van der Waals surface area contributed by atoms with E-state index in [1.165, 1.54) is 0 Å². The van der Waals surface area contributed by atoms with Crippen molar-refractivity contribution >= 4 is 27.7 Å². The van der Waals surface area contributed by atoms with Crippen molar-refractivity contribution in [2.75, 3.05) is 47.5 Å². The van der Waals surface area contributed by atoms with Gasteiger partial charge in [-0.25, -0.2) is 4.99 Å². The number of aliphatic hydroxyl groups excluding tert-OH is 1. The number of halogens is 1. The molecule has 8 nitrogen and oxygen atoms in total. The van der Waals surface area contributed by atoms with Crippen LogP contribution < -0.4 is 14.8 Å². The lowest BCUT2D eigenvalue weighted by atomic mass is 9.82. The third-order valence-corrected chi connectivity index (χ3v) is 7.41. The Hall–Kier alpha value is -3.40. The predicted molar refractivity (Wildman–Crippen MR) is 164 cm³/mol. The minimum atomic E-state index is -1.26. The van der Waals surface area contributed by atoms with E-state index in [9.17, 15) is 4.79 Å². The maximum Gasteiger partial charge on any atom is 0.252 e. The molecule has 3 aromatic rings. The summed E-state index contributed by atoms with van der Waals surface area (Å²) < 4.78 is 18.8. The van der Waals surface area contributed by atoms with Crippen molar-refractivity contribution in [1.29, 1.82) is 0 Å². The monoisotopic (exact) mass is 623 g/mol. The van der Waals surface area contributed by atoms with E-state index < -0.39 is 11.6 Å². The van der Waals surface area contributed by atoms with Crippen LogP contribution in [-0.2, 0) is 16.0 Å². The Kier molecular flexibility index (Phi) is 10.8. The van der Waals surface area contributed by atoms with Gasteiger partial charge < -0.3 is 29.5 Å². The lowest BCUT2D eigenvalue weighted by Crippen LogP contribution is -2.50. The van der Waals surface area contributed by atoms with Crippen molar-refractivity contribution in [3.8, 4) is 11.5 Å². The quantitative estimate of drug-likeness (QED) is 0.251. The highest BCUT2D eigenvalue weighted by molar-refractivity contribution is 9.10. The molecule has 0 saturated heterocycles. The van der Waals surface area contributed by atoms with Gasteiger partial charge in [-0.2, -0.15) is 0 Å². The summed E-state index contributed by atoms with van der Waals surface area (Å²) in [5.74, 6) is 1.56. The number of nitrogens with zero attached hydrogens (tertiary/aromatic N) is 2. The average Bonchev–Trinajstić information content (AvgIpc) is 3.37. The number of nitrogens with one attached hydrogen (secondary N) is 1. The maximum absolute atomic E-state index is 14.2. The molecular weight excluding hydrogens is 586 g/mol. The first kappa shape index (κ1) is 30.6. The van der Waals surface area contributed by atoms with Gasteiger partial charge in [-0.3, -0.25) is 4.79 Å². The van der Waals surface area contributed by atoms with Gasteiger partial charge >= 0.3 is 0 Å². The number of ether oxygens (including phenoxy) is 3. The number of methoxy groups -OCH3 is 1. The second kappa shape index (κ2) is 14.5. The standard InChI is InChI=1S/C32H38BrN3O5/c1-36(2)18-5-17-34-31(38)32(22-23-9-13-26(33)14-10-23)29(25-7-4-8-28(21-25)39-3)41-30(35-32)24-11-15-27(16-12-24)40-20-6-19-37/h4,7-16,21,29,37H,5-6,17-20,22H2,1-3H3,(H,34,38)/t29-,32-/m1/s1. The third-order valence-electron chi connectivity index (χ3n) is 6.88. The van der Waals surface area contributed by atoms with Gasteiger partial charge in [0.15, 0.2) is 11.6 Å². The van der Waals surface area contributed by atoms with Gasteiger partial charge in [-0.15, -0.1) is 0 Å². The smallest absolute Gasteiger partial charge is 0.252 e. The maximum atomic E-state index is 14.2. The highest BCUT2D eigenvalue weighted by atomic mass is 79.9. The molecule has 1 heterocycles. The Morgan fingerprint density at radius 2 is 1.83 bits per heavy atom. The number of aliphatic imine (C=N–C) groups is 1. The van der Waals surface area contributed by atoms with Crippen LogP contribution in [0.3, 0.4) is 0 Å². The molecule has 41 heavy (non-hydrogen) atoms. The van der Waals surface area contributed by atoms with Gasteiger partial charge in [0.1, 0.15) is 11.5 Å². The SMILES string of the molecule is COc1cccc([C@H]2OC(c3ccc(OCCCO)cc3)=N[C@@]2(Cc2ccc(Br)cc2)C(=O)NCCCN(C)C)c1. The molecule has 2 N–H and O–H groups in total. The van der Waals surface area contributed by atoms with Crippen LogP contribution >= 0.6 is 15.9 Å². The van der Waals surface area contributed by atoms with E-state index in [0.717, 1.165) is 34.1 Å². The van der Waals surface area contributed by atoms with E-state index in [4.69, 9.17) is 24.3 Å². The zero-order chi connectivity index (χ0) is 29.2. The molecular formula is C32H38BrN3O5. The first-order valence-corrected chi connectivity index (χ1v) is 14.6. The van der Waals surface area contributed by atoms with Crippen LogP contribution in [0.2, 0.25) is 0 Å². The molecule has 218 valence electrons. The van der Waals surface area contributed by atoms with E-state index in [2.05, 4.69) is 26.1 Å². The zero-order valence-electron chi connectivity index (χ0n) is 23.8. The third kappa shape index (κ3) is 7.87. The van der Waals surface area contributed by atoms with Crippen LogP contribution in [0.15, 0.2) is 82.3 Å². The summed E-state index contributed by atoms with van der Waals surface area (Å²) in [6, 6.07) is 23.0. The largest absolute Gasteiger partial charge is 0.497 e. The van der Waals surface area contributed by atoms with Crippen LogP contribution in [0.4, 0.5) is 0 Å². The second-order valence-corrected chi connectivity index (χ2v) is 11.2. The van der Waals surface area contributed by atoms with Gasteiger partial charge in [0.25, 0.3) is 5.91 Å². The average molecular weight is 625 g/mol. The first-order valence-electron chi connectivity index (χ1n) is 13.8. The molecule has 1 aliphatic rings. The van der Waals surface area contributed by atoms with Crippen LogP contribution in [0, 0.1) is 0 Å². The second-order valence-electron chi connectivity index (χ2n) is 10.3. The number of carbonyl (C=O) groups is 1. The molecule has 2 atom stereocenters. The van der Waals surface area contributed by atoms with Crippen molar-refractivity contribution in [2.24, 2.45) is 4.99 Å². The molecule has 0 aliphatic carbocycles. The fourth-order valence-corrected chi connectivity index (χ4v) is 5.01. The summed E-state index contributed by atoms with van der Waals surface area (Å²) in [6.07, 6.45) is 1.02. The predicted octanol–water partition coefficient (Wildman–Crippen LogP) is 4.79. The van der Waals surface area contributed by atoms with E-state index >= 15 is 0 Å². The summed E-state index contributed by atoms with van der Waals surface area (Å²) in [5, 5.41) is 12.2. The van der Waals surface area contributed by atoms with Crippen LogP contribution in [0.25, 0.3) is 0 Å². The molecule has 1 aliphatic heterocycles. The molecule has 0 aromatic heterocycles. The number of hydrogen-bond donors (Lipinski definition) is 2. The van der Waals surface area contributed by atoms with Gasteiger partial charge in [0, 0.05) is 36.0 Å². The molecule has 0 spiro atoms. The number of aliphatic hydroxyl groups is 1. The van der Waals surface area contributed by atoms with Gasteiger partial charge in [0.2, 0.25) is 5.90 Å². The van der Waals surface area contributed by atoms with Crippen molar-refractivity contribution in [3.63, 3.8) is 0 Å². The molecule has 9 heteroatoms. The highest BCUT2D eigenvalue weighted by Gasteiger charge is 2.53. The first-order chi connectivity index (χ1) is 19.8. The Morgan fingerprint density at radius 1 is 1.07 bits per heavy atom. The zero-order valence-corrected chi connectivity index (χ0v) is 25.4. The molecule has 1 amide bonds. The van der Waals surface area contributed by atoms with Crippen LogP contribution in [-0.4, -0.2) is 74.9 Å². The number of rotatable bonds is 14. The summed E-state index contributed by atoms with van der Waals surface area (Å²) in [6.45, 7) is 1.88. The number of benzene rings is 3. The molecule has 0 saturated carbocycles. The summed E-state index contributed by atoms with van der Waals surface area (Å²) in [7, 11) is 5.65. The minimum Gasteiger partial charge on any atom is -0.497 e. The molecule has 3 aromatic carbocycles. The van der Waals surface area contributed by atoms with E-state index in [1.807, 2.05) is 86.9 Å². The van der Waals surface area contributed by atoms with Crippen LogP contribution in [0.1, 0.15) is 35.6 Å². The summed E-state index contributed by atoms with van der Waals surface area (Å²) >= 11 is 3.51. The fourth-order valence-electron chi connectivity index (χ4n) is 4.75. The molecule has 0 fully saturated rings. The molecule has 0 bridgehead atoms. The lowest BCUT2D eigenvalue weighted by Gasteiger charge is -2.31. The minimum absolute atomic E-state index is 0.0754. The Labute approximate surface area is 250 Å². The summed E-state index contributed by atoms with van der Waals surface area (Å²) in [5.41, 5.74) is 1.24. The van der Waals surface area contributed by atoms with Crippen molar-refractivity contribution < 1.29 is 24.1 Å².